The fourth-order valence-corrected chi connectivity index (χ4v) is 6.26. The molecule has 7 nitrogen and oxygen atoms in total. The van der Waals surface area contributed by atoms with Gasteiger partial charge in [-0.3, -0.25) is 14.4 Å². The van der Waals surface area contributed by atoms with E-state index in [0.717, 1.165) is 21.7 Å². The maximum Gasteiger partial charge on any atom is 0.416 e. The highest BCUT2D eigenvalue weighted by atomic mass is 19.4. The number of pyridine rings is 1. The lowest BCUT2D eigenvalue weighted by molar-refractivity contribution is -0.139. The third-order valence-electron chi connectivity index (χ3n) is 8.38. The number of carboxylic acids is 1. The van der Waals surface area contributed by atoms with Crippen molar-refractivity contribution in [1.82, 2.24) is 14.8 Å². The molecule has 1 aromatic heterocycles. The number of carbonyl (C=O) groups is 2. The molecular weight excluding hydrogens is 626 g/mol. The van der Waals surface area contributed by atoms with E-state index in [0.29, 0.717) is 33.7 Å². The third kappa shape index (κ3) is 8.49. The molecule has 0 saturated heterocycles. The van der Waals surface area contributed by atoms with Crippen LogP contribution < -0.4 is 10.9 Å². The highest BCUT2D eigenvalue weighted by Crippen LogP contribution is 2.36. The molecule has 1 amide bonds. The molecule has 2 N–H and O–H groups in total. The predicted octanol–water partition coefficient (Wildman–Crippen LogP) is 7.47. The first-order valence-corrected chi connectivity index (χ1v) is 15.7. The normalized spacial score (nSPS) is 13.2. The monoisotopic (exact) mass is 667 g/mol. The van der Waals surface area contributed by atoms with Crippen LogP contribution in [0.4, 0.5) is 17.6 Å². The Hall–Kier alpha value is -4.51. The largest absolute Gasteiger partial charge is 0.481 e. The number of aliphatic carboxylic acids is 1. The number of fused-ring (bicyclic) bond motifs is 1. The zero-order valence-electron chi connectivity index (χ0n) is 27.9. The first kappa shape index (κ1) is 36.3. The van der Waals surface area contributed by atoms with Crippen molar-refractivity contribution in [2.24, 2.45) is 5.92 Å². The minimum atomic E-state index is -4.77. The van der Waals surface area contributed by atoms with Crippen LogP contribution >= 0.6 is 0 Å². The second kappa shape index (κ2) is 14.7. The highest BCUT2D eigenvalue weighted by molar-refractivity contribution is 5.93. The number of hydrogen-bond donors (Lipinski definition) is 2. The molecule has 11 heteroatoms. The van der Waals surface area contributed by atoms with Gasteiger partial charge in [-0.1, -0.05) is 38.1 Å². The molecule has 0 unspecified atom stereocenters. The molecule has 0 aliphatic rings. The summed E-state index contributed by atoms with van der Waals surface area (Å²) in [6, 6.07) is 12.1. The molecule has 4 aromatic rings. The van der Waals surface area contributed by atoms with Crippen LogP contribution in [0.5, 0.6) is 0 Å². The molecule has 2 atom stereocenters. The molecule has 0 spiro atoms. The Labute approximate surface area is 277 Å². The van der Waals surface area contributed by atoms with Crippen molar-refractivity contribution in [3.05, 3.63) is 105 Å². The second-order valence-electron chi connectivity index (χ2n) is 13.0. The smallest absolute Gasteiger partial charge is 0.416 e. The number of aryl methyl sites for hydroxylation is 2. The number of alkyl halides is 3. The van der Waals surface area contributed by atoms with E-state index in [-0.39, 0.29) is 36.7 Å². The van der Waals surface area contributed by atoms with Crippen LogP contribution in [-0.2, 0) is 22.2 Å². The lowest BCUT2D eigenvalue weighted by atomic mass is 9.88. The molecule has 0 bridgehead atoms. The number of carboxylic acid groups (broad SMARTS) is 1. The van der Waals surface area contributed by atoms with E-state index >= 15 is 0 Å². The number of halogens is 4. The molecule has 0 saturated carbocycles. The minimum Gasteiger partial charge on any atom is -0.481 e. The van der Waals surface area contributed by atoms with Gasteiger partial charge < -0.3 is 19.9 Å². The summed E-state index contributed by atoms with van der Waals surface area (Å²) in [7, 11) is 3.44. The van der Waals surface area contributed by atoms with E-state index in [9.17, 15) is 37.1 Å². The number of rotatable bonds is 12. The van der Waals surface area contributed by atoms with Gasteiger partial charge in [-0.05, 0) is 115 Å². The van der Waals surface area contributed by atoms with E-state index in [1.54, 1.807) is 45.0 Å². The van der Waals surface area contributed by atoms with Crippen molar-refractivity contribution < 1.29 is 32.3 Å². The molecule has 48 heavy (non-hydrogen) atoms. The second-order valence-corrected chi connectivity index (χ2v) is 13.0. The Bertz CT molecular complexity index is 1860. The summed E-state index contributed by atoms with van der Waals surface area (Å²) in [6.07, 6.45) is -4.07. The molecular formula is C37H41F4N3O4. The molecule has 0 fully saturated rings. The molecule has 256 valence electrons. The molecule has 1 heterocycles. The van der Waals surface area contributed by atoms with Gasteiger partial charge in [0.1, 0.15) is 11.9 Å². The number of nitrogens with one attached hydrogen (secondary N) is 1. The van der Waals surface area contributed by atoms with Crippen LogP contribution in [-0.4, -0.2) is 47.1 Å². The zero-order valence-corrected chi connectivity index (χ0v) is 27.9. The molecule has 0 radical (unpaired) electrons. The van der Waals surface area contributed by atoms with Crippen molar-refractivity contribution >= 4 is 22.6 Å². The lowest BCUT2D eigenvalue weighted by Crippen LogP contribution is -2.40. The Morgan fingerprint density at radius 2 is 1.65 bits per heavy atom. The zero-order chi connectivity index (χ0) is 35.5. The number of amides is 1. The number of benzene rings is 3. The number of aromatic nitrogens is 1. The summed E-state index contributed by atoms with van der Waals surface area (Å²) >= 11 is 0. The van der Waals surface area contributed by atoms with Crippen LogP contribution in [0.15, 0.2) is 65.6 Å². The Balaban J connectivity index is 1.86. The summed E-state index contributed by atoms with van der Waals surface area (Å²) in [5, 5.41) is 14.3. The van der Waals surface area contributed by atoms with E-state index in [1.165, 1.54) is 12.1 Å². The summed E-state index contributed by atoms with van der Waals surface area (Å²) in [5.41, 5.74) is 1.16. The van der Waals surface area contributed by atoms with Gasteiger partial charge in [-0.2, -0.15) is 13.2 Å². The van der Waals surface area contributed by atoms with E-state index in [1.807, 2.05) is 38.1 Å². The lowest BCUT2D eigenvalue weighted by Gasteiger charge is -2.27. The summed E-state index contributed by atoms with van der Waals surface area (Å²) in [6.45, 7) is 7.48. The van der Waals surface area contributed by atoms with Crippen molar-refractivity contribution in [3.8, 4) is 11.1 Å². The number of likely N-dealkylation sites (N-methyl/N-ethyl adjacent to an activating group) is 1. The Kier molecular flexibility index (Phi) is 11.1. The van der Waals surface area contributed by atoms with Gasteiger partial charge in [0.25, 0.3) is 5.56 Å². The summed E-state index contributed by atoms with van der Waals surface area (Å²) in [5.74, 6) is -2.42. The fraction of sp³-hybridized carbons (Fsp3) is 0.378. The van der Waals surface area contributed by atoms with Crippen LogP contribution in [0.1, 0.15) is 66.6 Å². The highest BCUT2D eigenvalue weighted by Gasteiger charge is 2.36. The van der Waals surface area contributed by atoms with E-state index < -0.39 is 47.7 Å². The average Bonchev–Trinajstić information content (AvgIpc) is 2.97. The van der Waals surface area contributed by atoms with Crippen LogP contribution in [0, 0.1) is 25.6 Å². The van der Waals surface area contributed by atoms with E-state index in [2.05, 4.69) is 5.32 Å². The van der Waals surface area contributed by atoms with E-state index in [4.69, 9.17) is 0 Å². The Morgan fingerprint density at radius 1 is 1.00 bits per heavy atom. The van der Waals surface area contributed by atoms with Gasteiger partial charge in [0.2, 0.25) is 5.91 Å². The topological polar surface area (TPSA) is 91.6 Å². The Morgan fingerprint density at radius 3 is 2.23 bits per heavy atom. The average molecular weight is 668 g/mol. The van der Waals surface area contributed by atoms with Gasteiger partial charge in [0.05, 0.1) is 18.0 Å². The maximum atomic E-state index is 14.2. The first-order chi connectivity index (χ1) is 22.5. The minimum absolute atomic E-state index is 0.0131. The van der Waals surface area contributed by atoms with Gasteiger partial charge in [0, 0.05) is 18.8 Å². The quantitative estimate of drug-likeness (QED) is 0.153. The van der Waals surface area contributed by atoms with Crippen molar-refractivity contribution in [1.29, 1.82) is 0 Å². The number of nitrogens with zero attached hydrogens (tertiary/aromatic N) is 2. The molecule has 3 aromatic carbocycles. The van der Waals surface area contributed by atoms with Gasteiger partial charge in [-0.15, -0.1) is 0 Å². The molecule has 4 rings (SSSR count). The van der Waals surface area contributed by atoms with Crippen LogP contribution in [0.3, 0.4) is 0 Å². The SMILES string of the molecule is Cc1cc(F)cc(C)c1-c1cc([C@H](CC(=O)O)NC(=O)[C@H](CC(C)C)n2cc(CCN(C)C)c(C(F)(F)F)cc2=O)c2ccccc2c1. The summed E-state index contributed by atoms with van der Waals surface area (Å²) in [4.78, 5) is 41.3. The van der Waals surface area contributed by atoms with Crippen LogP contribution in [0.25, 0.3) is 21.9 Å². The first-order valence-electron chi connectivity index (χ1n) is 15.7. The fourth-order valence-electron chi connectivity index (χ4n) is 6.26. The number of hydrogen-bond acceptors (Lipinski definition) is 4. The van der Waals surface area contributed by atoms with Crippen molar-refractivity contribution in [2.45, 2.75) is 65.2 Å². The van der Waals surface area contributed by atoms with Crippen LogP contribution in [0.2, 0.25) is 0 Å². The van der Waals surface area contributed by atoms with Gasteiger partial charge >= 0.3 is 12.1 Å². The number of carbonyl (C=O) groups excluding carboxylic acids is 1. The predicted molar refractivity (Wildman–Crippen MR) is 178 cm³/mol. The van der Waals surface area contributed by atoms with Gasteiger partial charge in [-0.25, -0.2) is 4.39 Å². The van der Waals surface area contributed by atoms with Gasteiger partial charge in [0.15, 0.2) is 0 Å². The third-order valence-corrected chi connectivity index (χ3v) is 8.38. The summed E-state index contributed by atoms with van der Waals surface area (Å²) < 4.78 is 57.1. The van der Waals surface area contributed by atoms with Crippen molar-refractivity contribution in [3.63, 3.8) is 0 Å². The molecule has 0 aliphatic carbocycles. The standard InChI is InChI=1S/C37H41F4N3O4/c1-21(2)13-32(44-20-25(11-12-43(5)6)30(18-33(44)45)37(39,40)41)36(48)42-31(19-34(46)47)29-17-26(16-24-9-7-8-10-28(24)29)35-22(3)14-27(38)15-23(35)4/h7-10,14-18,20-21,31-32H,11-13,19H2,1-6H3,(H,42,48)(H,46,47)/t31-,32-/m0/s1. The van der Waals surface area contributed by atoms with Crippen molar-refractivity contribution in [2.75, 3.05) is 20.6 Å². The maximum absolute atomic E-state index is 14.2. The molecule has 0 aliphatic heterocycles.